The van der Waals surface area contributed by atoms with Crippen molar-refractivity contribution in [2.24, 2.45) is 0 Å². The molecule has 0 fully saturated rings. The monoisotopic (exact) mass is 655 g/mol. The molecule has 2 heterocycles. The molecule has 0 saturated heterocycles. The average molecular weight is 656 g/mol. The third kappa shape index (κ3) is 6.87. The van der Waals surface area contributed by atoms with Crippen molar-refractivity contribution in [3.63, 3.8) is 0 Å². The molecular formula is C28H29ClF3N3O6SSi. The first-order chi connectivity index (χ1) is 20.2. The third-order valence-electron chi connectivity index (χ3n) is 6.54. The van der Waals surface area contributed by atoms with Gasteiger partial charge in [0, 0.05) is 37.4 Å². The van der Waals surface area contributed by atoms with Crippen LogP contribution in [-0.2, 0) is 31.8 Å². The van der Waals surface area contributed by atoms with Crippen molar-refractivity contribution < 1.29 is 40.6 Å². The molecule has 0 N–H and O–H groups in total. The first kappa shape index (κ1) is 32.5. The minimum Gasteiger partial charge on any atom is -0.480 e. The van der Waals surface area contributed by atoms with Gasteiger partial charge in [0.05, 0.1) is 30.6 Å². The minimum atomic E-state index is -4.30. The van der Waals surface area contributed by atoms with Crippen molar-refractivity contribution in [3.05, 3.63) is 70.3 Å². The zero-order valence-corrected chi connectivity index (χ0v) is 26.6. The first-order valence-electron chi connectivity index (χ1n) is 12.9. The van der Waals surface area contributed by atoms with Crippen LogP contribution in [0.25, 0.3) is 22.0 Å². The highest BCUT2D eigenvalue weighted by atomic mass is 35.5. The quantitative estimate of drug-likeness (QED) is 0.106. The lowest BCUT2D eigenvalue weighted by Crippen LogP contribution is -2.22. The van der Waals surface area contributed by atoms with E-state index < -0.39 is 68.7 Å². The lowest BCUT2D eigenvalue weighted by Gasteiger charge is -2.16. The first-order valence-corrected chi connectivity index (χ1v) is 18.7. The molecule has 9 nitrogen and oxygen atoms in total. The van der Waals surface area contributed by atoms with Gasteiger partial charge in [-0.15, -0.1) is 0 Å². The molecule has 0 bridgehead atoms. The standard InChI is InChI=1S/C28H29ClF3N3O6SSi/c1-39-27-21(12-17(29)13-33-27)42(37,38)14-16-6-9-20(30)22(23(16)31)18-7-8-19-25(28(36)40-2)34-35(26(19)24(18)32)15-41-10-11-43(3,4)5/h6-9,12-13H,10-11,14-15H2,1-5H3. The zero-order valence-electron chi connectivity index (χ0n) is 24.0. The van der Waals surface area contributed by atoms with Gasteiger partial charge in [0.15, 0.2) is 21.3 Å². The van der Waals surface area contributed by atoms with Gasteiger partial charge in [-0.1, -0.05) is 43.4 Å². The van der Waals surface area contributed by atoms with E-state index in [0.717, 1.165) is 42.1 Å². The van der Waals surface area contributed by atoms with E-state index in [0.29, 0.717) is 6.61 Å². The van der Waals surface area contributed by atoms with E-state index in [1.165, 1.54) is 19.4 Å². The smallest absolute Gasteiger partial charge is 0.359 e. The fourth-order valence-corrected chi connectivity index (χ4v) is 6.79. The summed E-state index contributed by atoms with van der Waals surface area (Å²) in [4.78, 5) is 15.8. The highest BCUT2D eigenvalue weighted by Gasteiger charge is 2.29. The Kier molecular flexibility index (Phi) is 9.54. The molecule has 0 amide bonds. The van der Waals surface area contributed by atoms with Crippen LogP contribution in [0.2, 0.25) is 30.7 Å². The molecule has 4 aromatic rings. The van der Waals surface area contributed by atoms with Gasteiger partial charge in [0.25, 0.3) is 0 Å². The average Bonchev–Trinajstić information content (AvgIpc) is 3.32. The summed E-state index contributed by atoms with van der Waals surface area (Å²) in [6.45, 7) is 6.60. The van der Waals surface area contributed by atoms with E-state index in [-0.39, 0.29) is 34.2 Å². The van der Waals surface area contributed by atoms with Crippen LogP contribution in [0, 0.1) is 17.5 Å². The summed E-state index contributed by atoms with van der Waals surface area (Å²) >= 11 is 5.92. The molecule has 43 heavy (non-hydrogen) atoms. The number of halogens is 4. The lowest BCUT2D eigenvalue weighted by atomic mass is 9.99. The van der Waals surface area contributed by atoms with E-state index in [1.54, 1.807) is 0 Å². The molecule has 2 aromatic carbocycles. The Morgan fingerprint density at radius 1 is 1.07 bits per heavy atom. The minimum absolute atomic E-state index is 0.00223. The number of nitrogens with zero attached hydrogens (tertiary/aromatic N) is 3. The summed E-state index contributed by atoms with van der Waals surface area (Å²) < 4.78 is 90.2. The summed E-state index contributed by atoms with van der Waals surface area (Å²) in [5.41, 5.74) is -2.19. The number of sulfone groups is 1. The number of carbonyl (C=O) groups is 1. The molecule has 0 atom stereocenters. The second-order valence-corrected chi connectivity index (χ2v) is 18.8. The van der Waals surface area contributed by atoms with Crippen LogP contribution in [0.5, 0.6) is 5.88 Å². The van der Waals surface area contributed by atoms with Gasteiger partial charge in [0.1, 0.15) is 28.8 Å². The Morgan fingerprint density at radius 2 is 1.79 bits per heavy atom. The number of fused-ring (bicyclic) bond motifs is 1. The van der Waals surface area contributed by atoms with Crippen LogP contribution in [0.15, 0.2) is 41.4 Å². The number of carbonyl (C=O) groups excluding carboxylic acids is 1. The van der Waals surface area contributed by atoms with E-state index in [9.17, 15) is 13.2 Å². The van der Waals surface area contributed by atoms with E-state index in [4.69, 9.17) is 25.8 Å². The Morgan fingerprint density at radius 3 is 2.44 bits per heavy atom. The Hall–Kier alpha value is -3.46. The second-order valence-electron chi connectivity index (χ2n) is 10.8. The highest BCUT2D eigenvalue weighted by Crippen LogP contribution is 2.36. The number of benzene rings is 2. The van der Waals surface area contributed by atoms with Gasteiger partial charge in [-0.25, -0.2) is 36.0 Å². The summed E-state index contributed by atoms with van der Waals surface area (Å²) in [6.07, 6.45) is 1.18. The molecule has 230 valence electrons. The molecule has 0 radical (unpaired) electrons. The molecule has 0 aliphatic carbocycles. The highest BCUT2D eigenvalue weighted by molar-refractivity contribution is 7.90. The maximum absolute atomic E-state index is 16.2. The van der Waals surface area contributed by atoms with Crippen molar-refractivity contribution in [2.75, 3.05) is 20.8 Å². The zero-order chi connectivity index (χ0) is 31.7. The number of hydrogen-bond donors (Lipinski definition) is 0. The van der Waals surface area contributed by atoms with Crippen molar-refractivity contribution >= 4 is 46.4 Å². The molecule has 0 aliphatic rings. The summed E-state index contributed by atoms with van der Waals surface area (Å²) in [7, 11) is -3.40. The number of rotatable bonds is 11. The largest absolute Gasteiger partial charge is 0.480 e. The number of esters is 1. The fraction of sp³-hybridized carbons (Fsp3) is 0.321. The van der Waals surface area contributed by atoms with E-state index >= 15 is 13.2 Å². The van der Waals surface area contributed by atoms with Crippen LogP contribution >= 0.6 is 11.6 Å². The summed E-state index contributed by atoms with van der Waals surface area (Å²) in [5, 5.41) is 4.20. The number of hydrogen-bond acceptors (Lipinski definition) is 8. The number of aromatic nitrogens is 3. The van der Waals surface area contributed by atoms with Crippen molar-refractivity contribution in [3.8, 4) is 17.0 Å². The summed E-state index contributed by atoms with van der Waals surface area (Å²) in [5.74, 6) is -5.54. The van der Waals surface area contributed by atoms with Gasteiger partial charge in [0.2, 0.25) is 5.88 Å². The topological polar surface area (TPSA) is 110 Å². The van der Waals surface area contributed by atoms with Crippen molar-refractivity contribution in [1.82, 2.24) is 14.8 Å². The third-order valence-corrected chi connectivity index (χ3v) is 10.1. The molecular weight excluding hydrogens is 627 g/mol. The molecule has 0 spiro atoms. The predicted octanol–water partition coefficient (Wildman–Crippen LogP) is 6.25. The maximum atomic E-state index is 16.2. The van der Waals surface area contributed by atoms with Crippen molar-refractivity contribution in [2.45, 2.75) is 43.1 Å². The maximum Gasteiger partial charge on any atom is 0.359 e. The van der Waals surface area contributed by atoms with Gasteiger partial charge in [-0.2, -0.15) is 5.10 Å². The molecule has 0 unspecified atom stereocenters. The van der Waals surface area contributed by atoms with Crippen LogP contribution < -0.4 is 4.74 Å². The lowest BCUT2D eigenvalue weighted by molar-refractivity contribution is 0.0585. The van der Waals surface area contributed by atoms with E-state index in [1.807, 2.05) is 0 Å². The van der Waals surface area contributed by atoms with Crippen LogP contribution in [0.1, 0.15) is 16.1 Å². The SMILES string of the molecule is COC(=O)c1nn(COCC[Si](C)(C)C)c2c(F)c(-c3c(F)ccc(CS(=O)(=O)c4cc(Cl)cnc4OC)c3F)ccc12. The molecule has 0 saturated carbocycles. The predicted molar refractivity (Wildman–Crippen MR) is 157 cm³/mol. The second kappa shape index (κ2) is 12.6. The number of ether oxygens (including phenoxy) is 3. The van der Waals surface area contributed by atoms with Crippen LogP contribution in [-0.4, -0.2) is 58.1 Å². The van der Waals surface area contributed by atoms with E-state index in [2.05, 4.69) is 29.7 Å². The van der Waals surface area contributed by atoms with Gasteiger partial charge >= 0.3 is 5.97 Å². The van der Waals surface area contributed by atoms with Gasteiger partial charge < -0.3 is 14.2 Å². The number of pyridine rings is 1. The van der Waals surface area contributed by atoms with Gasteiger partial charge in [-0.05, 0) is 24.2 Å². The van der Waals surface area contributed by atoms with Gasteiger partial charge in [-0.3, -0.25) is 0 Å². The molecule has 2 aromatic heterocycles. The normalized spacial score (nSPS) is 12.1. The molecule has 0 aliphatic heterocycles. The molecule has 4 rings (SSSR count). The Bertz CT molecular complexity index is 1810. The number of methoxy groups -OCH3 is 2. The fourth-order valence-electron chi connectivity index (χ4n) is 4.32. The van der Waals surface area contributed by atoms with Crippen LogP contribution in [0.3, 0.4) is 0 Å². The van der Waals surface area contributed by atoms with Crippen molar-refractivity contribution in [1.29, 1.82) is 0 Å². The Labute approximate surface area is 252 Å². The summed E-state index contributed by atoms with van der Waals surface area (Å²) in [6, 6.07) is 6.09. The van der Waals surface area contributed by atoms with Crippen LogP contribution in [0.4, 0.5) is 13.2 Å². The Balaban J connectivity index is 1.81. The molecule has 15 heteroatoms.